The SMILES string of the molecule is CCN(CC)C(=O)CCNC(=O)N1CCN(S(=O)(=O)c2cc(OC)ccc2OC)CC1. The predicted octanol–water partition coefficient (Wildman–Crippen LogP) is 0.978. The number of hydrogen-bond acceptors (Lipinski definition) is 6. The summed E-state index contributed by atoms with van der Waals surface area (Å²) in [6.07, 6.45) is 0.234. The number of sulfonamides is 1. The lowest BCUT2D eigenvalue weighted by molar-refractivity contribution is -0.130. The van der Waals surface area contributed by atoms with Crippen LogP contribution in [0.2, 0.25) is 0 Å². The third-order valence-electron chi connectivity index (χ3n) is 5.25. The van der Waals surface area contributed by atoms with Gasteiger partial charge in [-0.25, -0.2) is 13.2 Å². The highest BCUT2D eigenvalue weighted by Crippen LogP contribution is 2.31. The second-order valence-electron chi connectivity index (χ2n) is 6.96. The van der Waals surface area contributed by atoms with Crippen LogP contribution in [0.3, 0.4) is 0 Å². The van der Waals surface area contributed by atoms with Gasteiger partial charge in [0.1, 0.15) is 16.4 Å². The van der Waals surface area contributed by atoms with E-state index in [4.69, 9.17) is 9.47 Å². The highest BCUT2D eigenvalue weighted by molar-refractivity contribution is 7.89. The molecule has 1 saturated heterocycles. The minimum atomic E-state index is -3.81. The summed E-state index contributed by atoms with van der Waals surface area (Å²) in [4.78, 5) is 27.7. The van der Waals surface area contributed by atoms with Crippen molar-refractivity contribution in [3.05, 3.63) is 18.2 Å². The van der Waals surface area contributed by atoms with E-state index in [2.05, 4.69) is 5.32 Å². The Morgan fingerprint density at radius 2 is 1.71 bits per heavy atom. The lowest BCUT2D eigenvalue weighted by Gasteiger charge is -2.34. The number of piperazine rings is 1. The Kier molecular flexibility index (Phi) is 8.93. The Morgan fingerprint density at radius 3 is 2.26 bits per heavy atom. The van der Waals surface area contributed by atoms with E-state index < -0.39 is 10.0 Å². The van der Waals surface area contributed by atoms with Crippen LogP contribution < -0.4 is 14.8 Å². The van der Waals surface area contributed by atoms with Crippen molar-refractivity contribution in [2.45, 2.75) is 25.2 Å². The standard InChI is InChI=1S/C20H32N4O6S/c1-5-22(6-2)19(25)9-10-21-20(26)23-11-13-24(14-12-23)31(27,28)18-15-16(29-3)7-8-17(18)30-4/h7-8,15H,5-6,9-14H2,1-4H3,(H,21,26). The van der Waals surface area contributed by atoms with Gasteiger partial charge < -0.3 is 24.6 Å². The number of carbonyl (C=O) groups is 2. The summed E-state index contributed by atoms with van der Waals surface area (Å²) in [5.41, 5.74) is 0. The normalized spacial score (nSPS) is 14.8. The Labute approximate surface area is 184 Å². The fourth-order valence-corrected chi connectivity index (χ4v) is 4.97. The topological polar surface area (TPSA) is 108 Å². The number of hydrogen-bond donors (Lipinski definition) is 1. The van der Waals surface area contributed by atoms with Crippen LogP contribution in [0.5, 0.6) is 11.5 Å². The number of nitrogens with one attached hydrogen (secondary N) is 1. The monoisotopic (exact) mass is 456 g/mol. The van der Waals surface area contributed by atoms with Gasteiger partial charge in [-0.1, -0.05) is 0 Å². The van der Waals surface area contributed by atoms with Crippen LogP contribution >= 0.6 is 0 Å². The van der Waals surface area contributed by atoms with E-state index in [1.165, 1.54) is 24.6 Å². The molecule has 31 heavy (non-hydrogen) atoms. The fourth-order valence-electron chi connectivity index (χ4n) is 3.38. The molecule has 1 fully saturated rings. The number of nitrogens with zero attached hydrogens (tertiary/aromatic N) is 3. The first-order valence-corrected chi connectivity index (χ1v) is 11.7. The van der Waals surface area contributed by atoms with Crippen molar-refractivity contribution in [3.63, 3.8) is 0 Å². The van der Waals surface area contributed by atoms with Crippen LogP contribution in [0.4, 0.5) is 4.79 Å². The minimum Gasteiger partial charge on any atom is -0.497 e. The molecule has 1 aromatic rings. The largest absolute Gasteiger partial charge is 0.497 e. The van der Waals surface area contributed by atoms with Crippen LogP contribution in [0.25, 0.3) is 0 Å². The molecule has 1 aliphatic rings. The first kappa shape index (κ1) is 24.7. The van der Waals surface area contributed by atoms with Crippen LogP contribution in [-0.2, 0) is 14.8 Å². The maximum absolute atomic E-state index is 13.1. The Balaban J connectivity index is 1.93. The van der Waals surface area contributed by atoms with Crippen molar-refractivity contribution < 1.29 is 27.5 Å². The molecule has 1 aromatic carbocycles. The summed E-state index contributed by atoms with van der Waals surface area (Å²) in [5.74, 6) is 0.643. The van der Waals surface area contributed by atoms with Gasteiger partial charge in [-0.05, 0) is 26.0 Å². The quantitative estimate of drug-likeness (QED) is 0.593. The van der Waals surface area contributed by atoms with Gasteiger partial charge in [-0.3, -0.25) is 4.79 Å². The number of rotatable bonds is 9. The van der Waals surface area contributed by atoms with Crippen LogP contribution in [0, 0.1) is 0 Å². The second kappa shape index (κ2) is 11.2. The van der Waals surface area contributed by atoms with E-state index in [1.807, 2.05) is 13.8 Å². The van der Waals surface area contributed by atoms with Gasteiger partial charge in [0.2, 0.25) is 15.9 Å². The summed E-state index contributed by atoms with van der Waals surface area (Å²) in [5, 5.41) is 2.74. The van der Waals surface area contributed by atoms with Crippen molar-refractivity contribution in [2.24, 2.45) is 0 Å². The van der Waals surface area contributed by atoms with Gasteiger partial charge in [0.05, 0.1) is 14.2 Å². The number of carbonyl (C=O) groups excluding carboxylic acids is 2. The molecule has 0 atom stereocenters. The molecule has 0 aromatic heterocycles. The zero-order valence-electron chi connectivity index (χ0n) is 18.6. The number of benzene rings is 1. The molecule has 0 aliphatic carbocycles. The molecule has 10 nitrogen and oxygen atoms in total. The summed E-state index contributed by atoms with van der Waals surface area (Å²) in [6, 6.07) is 4.31. The molecule has 3 amide bonds. The maximum Gasteiger partial charge on any atom is 0.317 e. The van der Waals surface area contributed by atoms with Crippen molar-refractivity contribution >= 4 is 22.0 Å². The fraction of sp³-hybridized carbons (Fsp3) is 0.600. The maximum atomic E-state index is 13.1. The molecule has 0 spiro atoms. The second-order valence-corrected chi connectivity index (χ2v) is 8.86. The minimum absolute atomic E-state index is 0.00607. The predicted molar refractivity (Wildman–Crippen MR) is 116 cm³/mol. The highest BCUT2D eigenvalue weighted by Gasteiger charge is 2.32. The average molecular weight is 457 g/mol. The smallest absolute Gasteiger partial charge is 0.317 e. The van der Waals surface area contributed by atoms with Crippen LogP contribution in [0.1, 0.15) is 20.3 Å². The molecule has 0 bridgehead atoms. The molecule has 2 rings (SSSR count). The first-order chi connectivity index (χ1) is 14.8. The van der Waals surface area contributed by atoms with Gasteiger partial charge in [-0.15, -0.1) is 0 Å². The lowest BCUT2D eigenvalue weighted by Crippen LogP contribution is -2.53. The number of urea groups is 1. The lowest BCUT2D eigenvalue weighted by atomic mass is 10.3. The molecule has 1 aliphatic heterocycles. The molecular weight excluding hydrogens is 424 g/mol. The van der Waals surface area contributed by atoms with E-state index >= 15 is 0 Å². The zero-order valence-corrected chi connectivity index (χ0v) is 19.4. The molecule has 1 heterocycles. The molecule has 0 saturated carbocycles. The Bertz CT molecular complexity index is 864. The molecule has 174 valence electrons. The van der Waals surface area contributed by atoms with Gasteiger partial charge in [0.25, 0.3) is 0 Å². The number of amides is 3. The van der Waals surface area contributed by atoms with Crippen molar-refractivity contribution in [1.82, 2.24) is 19.4 Å². The van der Waals surface area contributed by atoms with E-state index in [0.29, 0.717) is 18.8 Å². The highest BCUT2D eigenvalue weighted by atomic mass is 32.2. The van der Waals surface area contributed by atoms with Gasteiger partial charge in [0, 0.05) is 58.3 Å². The van der Waals surface area contributed by atoms with Crippen molar-refractivity contribution in [1.29, 1.82) is 0 Å². The zero-order chi connectivity index (χ0) is 23.0. The number of methoxy groups -OCH3 is 2. The van der Waals surface area contributed by atoms with E-state index in [0.717, 1.165) is 0 Å². The van der Waals surface area contributed by atoms with E-state index in [1.54, 1.807) is 21.9 Å². The molecule has 0 unspecified atom stereocenters. The summed E-state index contributed by atoms with van der Waals surface area (Å²) < 4.78 is 37.9. The average Bonchev–Trinajstić information content (AvgIpc) is 2.79. The van der Waals surface area contributed by atoms with Gasteiger partial charge >= 0.3 is 6.03 Å². The van der Waals surface area contributed by atoms with Gasteiger partial charge in [0.15, 0.2) is 0 Å². The van der Waals surface area contributed by atoms with Gasteiger partial charge in [-0.2, -0.15) is 4.31 Å². The molecule has 1 N–H and O–H groups in total. The van der Waals surface area contributed by atoms with Crippen LogP contribution in [0.15, 0.2) is 23.1 Å². The number of ether oxygens (including phenoxy) is 2. The Morgan fingerprint density at radius 1 is 1.06 bits per heavy atom. The van der Waals surface area contributed by atoms with Crippen molar-refractivity contribution in [3.8, 4) is 11.5 Å². The van der Waals surface area contributed by atoms with E-state index in [9.17, 15) is 18.0 Å². The third-order valence-corrected chi connectivity index (χ3v) is 7.17. The summed E-state index contributed by atoms with van der Waals surface area (Å²) >= 11 is 0. The molecule has 0 radical (unpaired) electrons. The van der Waals surface area contributed by atoms with Crippen LogP contribution in [-0.4, -0.2) is 94.5 Å². The van der Waals surface area contributed by atoms with Crippen molar-refractivity contribution in [2.75, 3.05) is 60.0 Å². The first-order valence-electron chi connectivity index (χ1n) is 10.3. The molecular formula is C20H32N4O6S. The summed E-state index contributed by atoms with van der Waals surface area (Å²) in [6.45, 7) is 6.16. The summed E-state index contributed by atoms with van der Waals surface area (Å²) in [7, 11) is -0.936. The molecule has 11 heteroatoms. The van der Waals surface area contributed by atoms with E-state index in [-0.39, 0.29) is 61.7 Å². The third kappa shape index (κ3) is 6.01. The Hall–Kier alpha value is -2.53.